The lowest BCUT2D eigenvalue weighted by atomic mass is 10.2. The van der Waals surface area contributed by atoms with Crippen LogP contribution in [0, 0.1) is 0 Å². The lowest BCUT2D eigenvalue weighted by Crippen LogP contribution is -2.31. The largest absolute Gasteiger partial charge is 0.345 e. The number of amides is 2. The fourth-order valence-electron chi connectivity index (χ4n) is 2.15. The van der Waals surface area contributed by atoms with Gasteiger partial charge in [-0.05, 0) is 38.1 Å². The molecule has 2 aromatic heterocycles. The maximum atomic E-state index is 12.3. The second-order valence-corrected chi connectivity index (χ2v) is 4.91. The molecule has 0 aliphatic heterocycles. The summed E-state index contributed by atoms with van der Waals surface area (Å²) in [5, 5.41) is 2.75. The van der Waals surface area contributed by atoms with E-state index in [1.807, 2.05) is 32.0 Å². The Labute approximate surface area is 135 Å². The number of rotatable bonds is 6. The van der Waals surface area contributed by atoms with Gasteiger partial charge in [0.15, 0.2) is 0 Å². The molecule has 2 rings (SSSR count). The van der Waals surface area contributed by atoms with Crippen molar-refractivity contribution in [3.05, 3.63) is 59.7 Å². The summed E-state index contributed by atoms with van der Waals surface area (Å²) in [5.74, 6) is -0.430. The molecule has 1 N–H and O–H groups in total. The molecule has 0 spiro atoms. The summed E-state index contributed by atoms with van der Waals surface area (Å²) in [7, 11) is 0. The highest BCUT2D eigenvalue weighted by atomic mass is 16.2. The van der Waals surface area contributed by atoms with Gasteiger partial charge < -0.3 is 10.2 Å². The van der Waals surface area contributed by atoms with Crippen LogP contribution in [0.5, 0.6) is 0 Å². The van der Waals surface area contributed by atoms with Crippen LogP contribution in [-0.4, -0.2) is 39.8 Å². The van der Waals surface area contributed by atoms with Crippen molar-refractivity contribution in [1.29, 1.82) is 0 Å². The second-order valence-electron chi connectivity index (χ2n) is 4.91. The van der Waals surface area contributed by atoms with Gasteiger partial charge in [0.2, 0.25) is 0 Å². The molecule has 6 nitrogen and oxygen atoms in total. The topological polar surface area (TPSA) is 75.2 Å². The first kappa shape index (κ1) is 16.6. The van der Waals surface area contributed by atoms with Gasteiger partial charge in [-0.3, -0.25) is 19.6 Å². The number of pyridine rings is 2. The molecule has 0 atom stereocenters. The van der Waals surface area contributed by atoms with E-state index in [1.165, 1.54) is 12.3 Å². The van der Waals surface area contributed by atoms with E-state index in [2.05, 4.69) is 15.3 Å². The molecular formula is C17H20N4O2. The van der Waals surface area contributed by atoms with E-state index in [9.17, 15) is 9.59 Å². The van der Waals surface area contributed by atoms with Gasteiger partial charge in [-0.15, -0.1) is 0 Å². The van der Waals surface area contributed by atoms with Crippen molar-refractivity contribution in [2.24, 2.45) is 0 Å². The molecule has 0 radical (unpaired) electrons. The Morgan fingerprint density at radius 2 is 1.87 bits per heavy atom. The van der Waals surface area contributed by atoms with Crippen LogP contribution in [0.15, 0.2) is 42.7 Å². The lowest BCUT2D eigenvalue weighted by Gasteiger charge is -2.18. The zero-order chi connectivity index (χ0) is 16.7. The van der Waals surface area contributed by atoms with Gasteiger partial charge >= 0.3 is 0 Å². The Balaban J connectivity index is 2.06. The van der Waals surface area contributed by atoms with Crippen LogP contribution < -0.4 is 5.32 Å². The molecule has 23 heavy (non-hydrogen) atoms. The molecule has 120 valence electrons. The maximum absolute atomic E-state index is 12.3. The van der Waals surface area contributed by atoms with Gasteiger partial charge in [-0.2, -0.15) is 0 Å². The summed E-state index contributed by atoms with van der Waals surface area (Å²) in [6, 6.07) is 8.64. The van der Waals surface area contributed by atoms with E-state index in [0.717, 1.165) is 5.69 Å². The van der Waals surface area contributed by atoms with Crippen LogP contribution in [0.25, 0.3) is 0 Å². The Morgan fingerprint density at radius 1 is 1.09 bits per heavy atom. The quantitative estimate of drug-likeness (QED) is 0.884. The minimum absolute atomic E-state index is 0.101. The molecule has 0 aliphatic carbocycles. The first-order chi connectivity index (χ1) is 11.2. The molecule has 0 saturated heterocycles. The molecule has 2 amide bonds. The van der Waals surface area contributed by atoms with E-state index in [1.54, 1.807) is 17.2 Å². The third-order valence-electron chi connectivity index (χ3n) is 3.45. The summed E-state index contributed by atoms with van der Waals surface area (Å²) in [5.41, 5.74) is 1.45. The highest BCUT2D eigenvalue weighted by molar-refractivity contribution is 5.98. The smallest absolute Gasteiger partial charge is 0.270 e. The van der Waals surface area contributed by atoms with Gasteiger partial charge in [0.25, 0.3) is 11.8 Å². The Bertz CT molecular complexity index is 669. The highest BCUT2D eigenvalue weighted by Gasteiger charge is 2.15. The van der Waals surface area contributed by atoms with E-state index >= 15 is 0 Å². The minimum atomic E-state index is -0.329. The number of hydrogen-bond donors (Lipinski definition) is 1. The average molecular weight is 312 g/mol. The lowest BCUT2D eigenvalue weighted by molar-refractivity contribution is 0.0773. The Kier molecular flexibility index (Phi) is 5.80. The first-order valence-electron chi connectivity index (χ1n) is 7.59. The maximum Gasteiger partial charge on any atom is 0.270 e. The molecule has 0 bridgehead atoms. The van der Waals surface area contributed by atoms with Crippen LogP contribution in [0.4, 0.5) is 0 Å². The van der Waals surface area contributed by atoms with E-state index in [0.29, 0.717) is 25.2 Å². The Morgan fingerprint density at radius 3 is 2.52 bits per heavy atom. The standard InChI is InChI=1S/C17H20N4O2/c1-3-21(4-2)17(23)13-8-10-19-15(11-13)16(22)20-12-14-7-5-6-9-18-14/h5-11H,3-4,12H2,1-2H3,(H,20,22). The van der Waals surface area contributed by atoms with Crippen molar-refractivity contribution in [3.8, 4) is 0 Å². The summed E-state index contributed by atoms with van der Waals surface area (Å²) >= 11 is 0. The highest BCUT2D eigenvalue weighted by Crippen LogP contribution is 2.07. The van der Waals surface area contributed by atoms with Crippen LogP contribution in [-0.2, 0) is 6.54 Å². The Hall–Kier alpha value is -2.76. The van der Waals surface area contributed by atoms with Crippen molar-refractivity contribution >= 4 is 11.8 Å². The number of hydrogen-bond acceptors (Lipinski definition) is 4. The second kappa shape index (κ2) is 8.03. The molecule has 0 aliphatic rings. The molecule has 6 heteroatoms. The van der Waals surface area contributed by atoms with Gasteiger partial charge in [0.05, 0.1) is 12.2 Å². The monoisotopic (exact) mass is 312 g/mol. The van der Waals surface area contributed by atoms with Crippen molar-refractivity contribution in [2.45, 2.75) is 20.4 Å². The number of carbonyl (C=O) groups excluding carboxylic acids is 2. The third kappa shape index (κ3) is 4.35. The zero-order valence-electron chi connectivity index (χ0n) is 13.3. The number of nitrogens with one attached hydrogen (secondary N) is 1. The molecule has 0 unspecified atom stereocenters. The van der Waals surface area contributed by atoms with Gasteiger partial charge in [0, 0.05) is 31.0 Å². The zero-order valence-corrected chi connectivity index (χ0v) is 13.3. The first-order valence-corrected chi connectivity index (χ1v) is 7.59. The van der Waals surface area contributed by atoms with Gasteiger partial charge in [0.1, 0.15) is 5.69 Å². The van der Waals surface area contributed by atoms with E-state index in [4.69, 9.17) is 0 Å². The van der Waals surface area contributed by atoms with Crippen molar-refractivity contribution < 1.29 is 9.59 Å². The molecule has 2 heterocycles. The molecular weight excluding hydrogens is 292 g/mol. The summed E-state index contributed by atoms with van der Waals surface area (Å²) in [4.78, 5) is 34.4. The van der Waals surface area contributed by atoms with Crippen molar-refractivity contribution in [1.82, 2.24) is 20.2 Å². The van der Waals surface area contributed by atoms with E-state index < -0.39 is 0 Å². The van der Waals surface area contributed by atoms with Crippen molar-refractivity contribution in [3.63, 3.8) is 0 Å². The van der Waals surface area contributed by atoms with Crippen LogP contribution in [0.1, 0.15) is 40.4 Å². The predicted octanol–water partition coefficient (Wildman–Crippen LogP) is 1.89. The predicted molar refractivity (Wildman–Crippen MR) is 86.9 cm³/mol. The van der Waals surface area contributed by atoms with Crippen LogP contribution in [0.2, 0.25) is 0 Å². The summed E-state index contributed by atoms with van der Waals surface area (Å²) in [6.45, 7) is 5.40. The SMILES string of the molecule is CCN(CC)C(=O)c1ccnc(C(=O)NCc2ccccn2)c1. The molecule has 0 fully saturated rings. The normalized spacial score (nSPS) is 10.2. The van der Waals surface area contributed by atoms with Gasteiger partial charge in [-0.1, -0.05) is 6.07 Å². The number of aromatic nitrogens is 2. The van der Waals surface area contributed by atoms with Gasteiger partial charge in [-0.25, -0.2) is 0 Å². The fraction of sp³-hybridized carbons (Fsp3) is 0.294. The molecule has 2 aromatic rings. The molecule has 0 saturated carbocycles. The van der Waals surface area contributed by atoms with Crippen LogP contribution >= 0.6 is 0 Å². The number of nitrogens with zero attached hydrogens (tertiary/aromatic N) is 3. The van der Waals surface area contributed by atoms with Crippen molar-refractivity contribution in [2.75, 3.05) is 13.1 Å². The van der Waals surface area contributed by atoms with Crippen LogP contribution in [0.3, 0.4) is 0 Å². The fourth-order valence-corrected chi connectivity index (χ4v) is 2.15. The summed E-state index contributed by atoms with van der Waals surface area (Å²) < 4.78 is 0. The summed E-state index contributed by atoms with van der Waals surface area (Å²) in [6.07, 6.45) is 3.15. The molecule has 0 aromatic carbocycles. The third-order valence-corrected chi connectivity index (χ3v) is 3.45. The van der Waals surface area contributed by atoms with E-state index in [-0.39, 0.29) is 17.5 Å². The number of carbonyl (C=O) groups is 2. The minimum Gasteiger partial charge on any atom is -0.345 e. The average Bonchev–Trinajstić information content (AvgIpc) is 2.61.